The van der Waals surface area contributed by atoms with E-state index in [4.69, 9.17) is 0 Å². The van der Waals surface area contributed by atoms with Crippen LogP contribution in [0.4, 0.5) is 5.82 Å². The van der Waals surface area contributed by atoms with E-state index in [2.05, 4.69) is 17.2 Å². The predicted molar refractivity (Wildman–Crippen MR) is 83.5 cm³/mol. The third kappa shape index (κ3) is 4.17. The van der Waals surface area contributed by atoms with Crippen LogP contribution >= 0.6 is 0 Å². The fourth-order valence-corrected chi connectivity index (χ4v) is 2.62. The van der Waals surface area contributed by atoms with E-state index >= 15 is 0 Å². The second-order valence-electron chi connectivity index (χ2n) is 5.54. The van der Waals surface area contributed by atoms with E-state index in [9.17, 15) is 9.90 Å². The minimum atomic E-state index is -0.264. The van der Waals surface area contributed by atoms with Gasteiger partial charge in [0.05, 0.1) is 6.10 Å². The van der Waals surface area contributed by atoms with Gasteiger partial charge in [0.2, 0.25) is 0 Å². The molecule has 21 heavy (non-hydrogen) atoms. The molecule has 1 saturated heterocycles. The number of aryl methyl sites for hydroxylation is 1. The molecule has 5 heteroatoms. The number of rotatable bonds is 5. The van der Waals surface area contributed by atoms with Crippen molar-refractivity contribution in [3.63, 3.8) is 0 Å². The standard InChI is InChI=1S/C16H25N3O2/c1-3-5-13-10-12(11-15(18-13)17-4-2)16(21)19-8-6-14(20)7-9-19/h10-11,14,20H,3-9H2,1-2H3,(H,17,18). The summed E-state index contributed by atoms with van der Waals surface area (Å²) in [6, 6.07) is 3.73. The van der Waals surface area contributed by atoms with Crippen molar-refractivity contribution >= 4 is 11.7 Å². The summed E-state index contributed by atoms with van der Waals surface area (Å²) in [5.74, 6) is 0.810. The number of aromatic nitrogens is 1. The molecule has 0 aromatic carbocycles. The number of carbonyl (C=O) groups excluding carboxylic acids is 1. The van der Waals surface area contributed by atoms with Gasteiger partial charge in [0.25, 0.3) is 5.91 Å². The molecule has 116 valence electrons. The number of carbonyl (C=O) groups is 1. The average molecular weight is 291 g/mol. The third-order valence-corrected chi connectivity index (χ3v) is 3.74. The first-order chi connectivity index (χ1) is 10.1. The maximum atomic E-state index is 12.6. The van der Waals surface area contributed by atoms with E-state index in [0.29, 0.717) is 31.5 Å². The number of aliphatic hydroxyl groups excluding tert-OH is 1. The molecule has 0 atom stereocenters. The van der Waals surface area contributed by atoms with Crippen molar-refractivity contribution in [2.45, 2.75) is 45.6 Å². The molecule has 0 spiro atoms. The van der Waals surface area contributed by atoms with Crippen LogP contribution in [-0.2, 0) is 6.42 Å². The van der Waals surface area contributed by atoms with Crippen molar-refractivity contribution in [1.29, 1.82) is 0 Å². The Morgan fingerprint density at radius 3 is 2.71 bits per heavy atom. The second-order valence-corrected chi connectivity index (χ2v) is 5.54. The van der Waals surface area contributed by atoms with E-state index in [1.165, 1.54) is 0 Å². The zero-order valence-electron chi connectivity index (χ0n) is 12.9. The molecule has 0 unspecified atom stereocenters. The third-order valence-electron chi connectivity index (χ3n) is 3.74. The normalized spacial score (nSPS) is 16.0. The summed E-state index contributed by atoms with van der Waals surface area (Å²) in [7, 11) is 0. The number of aliphatic hydroxyl groups is 1. The van der Waals surface area contributed by atoms with E-state index in [-0.39, 0.29) is 12.0 Å². The SMILES string of the molecule is CCCc1cc(C(=O)N2CCC(O)CC2)cc(NCC)n1. The van der Waals surface area contributed by atoms with Gasteiger partial charge in [0.15, 0.2) is 0 Å². The fourth-order valence-electron chi connectivity index (χ4n) is 2.62. The van der Waals surface area contributed by atoms with E-state index in [1.807, 2.05) is 24.0 Å². The van der Waals surface area contributed by atoms with Gasteiger partial charge in [0.1, 0.15) is 5.82 Å². The van der Waals surface area contributed by atoms with Crippen LogP contribution in [-0.4, -0.2) is 46.6 Å². The Morgan fingerprint density at radius 2 is 2.10 bits per heavy atom. The highest BCUT2D eigenvalue weighted by Gasteiger charge is 2.23. The first kappa shape index (κ1) is 15.8. The topological polar surface area (TPSA) is 65.5 Å². The summed E-state index contributed by atoms with van der Waals surface area (Å²) in [6.07, 6.45) is 2.95. The van der Waals surface area contributed by atoms with Crippen LogP contribution in [0.3, 0.4) is 0 Å². The molecule has 1 fully saturated rings. The first-order valence-corrected chi connectivity index (χ1v) is 7.86. The Balaban J connectivity index is 2.18. The van der Waals surface area contributed by atoms with Gasteiger partial charge in [-0.05, 0) is 38.3 Å². The Kier molecular flexibility index (Phi) is 5.56. The molecule has 1 aliphatic rings. The lowest BCUT2D eigenvalue weighted by Gasteiger charge is -2.29. The van der Waals surface area contributed by atoms with Gasteiger partial charge in [-0.2, -0.15) is 0 Å². The van der Waals surface area contributed by atoms with Crippen molar-refractivity contribution in [2.24, 2.45) is 0 Å². The molecular weight excluding hydrogens is 266 g/mol. The molecule has 0 radical (unpaired) electrons. The fraction of sp³-hybridized carbons (Fsp3) is 0.625. The van der Waals surface area contributed by atoms with Gasteiger partial charge in [-0.3, -0.25) is 4.79 Å². The predicted octanol–water partition coefficient (Wildman–Crippen LogP) is 2.06. The molecule has 0 bridgehead atoms. The van der Waals surface area contributed by atoms with Gasteiger partial charge < -0.3 is 15.3 Å². The molecule has 2 rings (SSSR count). The molecule has 2 N–H and O–H groups in total. The number of piperidine rings is 1. The lowest BCUT2D eigenvalue weighted by Crippen LogP contribution is -2.40. The van der Waals surface area contributed by atoms with Gasteiger partial charge in [0, 0.05) is 30.9 Å². The van der Waals surface area contributed by atoms with Crippen LogP contribution in [0, 0.1) is 0 Å². The molecule has 2 heterocycles. The van der Waals surface area contributed by atoms with Crippen LogP contribution in [0.5, 0.6) is 0 Å². The van der Waals surface area contributed by atoms with Gasteiger partial charge in [-0.15, -0.1) is 0 Å². The number of nitrogens with one attached hydrogen (secondary N) is 1. The molecule has 1 aliphatic heterocycles. The second kappa shape index (κ2) is 7.41. The average Bonchev–Trinajstić information content (AvgIpc) is 2.48. The highest BCUT2D eigenvalue weighted by atomic mass is 16.3. The van der Waals surface area contributed by atoms with Crippen LogP contribution in [0.2, 0.25) is 0 Å². The minimum Gasteiger partial charge on any atom is -0.393 e. The number of likely N-dealkylation sites (tertiary alicyclic amines) is 1. The van der Waals surface area contributed by atoms with E-state index in [1.54, 1.807) is 0 Å². The van der Waals surface area contributed by atoms with Crippen molar-refractivity contribution in [2.75, 3.05) is 25.0 Å². The summed E-state index contributed by atoms with van der Waals surface area (Å²) in [5, 5.41) is 12.7. The zero-order chi connectivity index (χ0) is 15.2. The Hall–Kier alpha value is -1.62. The van der Waals surface area contributed by atoms with E-state index in [0.717, 1.165) is 30.9 Å². The van der Waals surface area contributed by atoms with Crippen molar-refractivity contribution in [1.82, 2.24) is 9.88 Å². The van der Waals surface area contributed by atoms with Crippen LogP contribution < -0.4 is 5.32 Å². The maximum Gasteiger partial charge on any atom is 0.254 e. The van der Waals surface area contributed by atoms with Crippen molar-refractivity contribution in [3.8, 4) is 0 Å². The number of anilines is 1. The van der Waals surface area contributed by atoms with Crippen molar-refractivity contribution in [3.05, 3.63) is 23.4 Å². The Bertz CT molecular complexity index is 458. The minimum absolute atomic E-state index is 0.0424. The molecule has 1 amide bonds. The molecule has 1 aromatic rings. The van der Waals surface area contributed by atoms with Gasteiger partial charge >= 0.3 is 0 Å². The molecule has 5 nitrogen and oxygen atoms in total. The largest absolute Gasteiger partial charge is 0.393 e. The summed E-state index contributed by atoms with van der Waals surface area (Å²) < 4.78 is 0. The summed E-state index contributed by atoms with van der Waals surface area (Å²) in [6.45, 7) is 6.16. The maximum absolute atomic E-state index is 12.6. The number of hydrogen-bond donors (Lipinski definition) is 2. The number of pyridine rings is 1. The smallest absolute Gasteiger partial charge is 0.254 e. The lowest BCUT2D eigenvalue weighted by molar-refractivity contribution is 0.0546. The van der Waals surface area contributed by atoms with Crippen LogP contribution in [0.1, 0.15) is 49.2 Å². The first-order valence-electron chi connectivity index (χ1n) is 7.86. The van der Waals surface area contributed by atoms with Crippen LogP contribution in [0.25, 0.3) is 0 Å². The summed E-state index contributed by atoms with van der Waals surface area (Å²) in [4.78, 5) is 19.0. The summed E-state index contributed by atoms with van der Waals surface area (Å²) in [5.41, 5.74) is 1.65. The highest BCUT2D eigenvalue weighted by molar-refractivity contribution is 5.95. The molecular formula is C16H25N3O2. The summed E-state index contributed by atoms with van der Waals surface area (Å²) >= 11 is 0. The molecule has 1 aromatic heterocycles. The number of nitrogens with zero attached hydrogens (tertiary/aromatic N) is 2. The Morgan fingerprint density at radius 1 is 1.38 bits per heavy atom. The number of amides is 1. The zero-order valence-corrected chi connectivity index (χ0v) is 12.9. The monoisotopic (exact) mass is 291 g/mol. The van der Waals surface area contributed by atoms with Gasteiger partial charge in [-0.1, -0.05) is 13.3 Å². The molecule has 0 aliphatic carbocycles. The molecule has 0 saturated carbocycles. The van der Waals surface area contributed by atoms with Crippen molar-refractivity contribution < 1.29 is 9.90 Å². The Labute approximate surface area is 126 Å². The quantitative estimate of drug-likeness (QED) is 0.871. The highest BCUT2D eigenvalue weighted by Crippen LogP contribution is 2.17. The number of hydrogen-bond acceptors (Lipinski definition) is 4. The van der Waals surface area contributed by atoms with E-state index < -0.39 is 0 Å². The lowest BCUT2D eigenvalue weighted by atomic mass is 10.1. The van der Waals surface area contributed by atoms with Gasteiger partial charge in [-0.25, -0.2) is 4.98 Å². The van der Waals surface area contributed by atoms with Crippen LogP contribution in [0.15, 0.2) is 12.1 Å².